The van der Waals surface area contributed by atoms with Crippen LogP contribution in [0.4, 0.5) is 5.69 Å². The Hall–Kier alpha value is -1.33. The minimum absolute atomic E-state index is 0.594. The third-order valence-corrected chi connectivity index (χ3v) is 3.64. The van der Waals surface area contributed by atoms with E-state index >= 15 is 0 Å². The second-order valence-corrected chi connectivity index (χ2v) is 5.25. The Morgan fingerprint density at radius 2 is 2.26 bits per heavy atom. The van der Waals surface area contributed by atoms with Crippen molar-refractivity contribution in [3.05, 3.63) is 46.2 Å². The van der Waals surface area contributed by atoms with Crippen molar-refractivity contribution in [1.82, 2.24) is 9.78 Å². The van der Waals surface area contributed by atoms with Gasteiger partial charge in [-0.25, -0.2) is 0 Å². The minimum Gasteiger partial charge on any atom is -0.384 e. The lowest BCUT2D eigenvalue weighted by molar-refractivity contribution is 0.185. The van der Waals surface area contributed by atoms with Crippen molar-refractivity contribution in [1.29, 1.82) is 0 Å². The first-order valence-corrected chi connectivity index (χ1v) is 6.97. The molecule has 0 fully saturated rings. The fourth-order valence-corrected chi connectivity index (χ4v) is 2.44. The third-order valence-electron chi connectivity index (χ3n) is 2.90. The Kier molecular flexibility index (Phi) is 4.99. The third kappa shape index (κ3) is 3.81. The van der Waals surface area contributed by atoms with Crippen LogP contribution >= 0.6 is 15.9 Å². The van der Waals surface area contributed by atoms with E-state index in [0.717, 1.165) is 28.7 Å². The molecule has 2 aromatic rings. The zero-order valence-corrected chi connectivity index (χ0v) is 12.8. The molecule has 0 aliphatic heterocycles. The van der Waals surface area contributed by atoms with Gasteiger partial charge in [-0.2, -0.15) is 5.10 Å². The maximum Gasteiger partial charge on any atom is 0.0744 e. The summed E-state index contributed by atoms with van der Waals surface area (Å²) in [6, 6.07) is 6.12. The average molecular weight is 324 g/mol. The number of aryl methyl sites for hydroxylation is 1. The van der Waals surface area contributed by atoms with Crippen molar-refractivity contribution in [3.8, 4) is 0 Å². The molecule has 0 atom stereocenters. The second kappa shape index (κ2) is 6.73. The molecule has 0 amide bonds. The molecule has 19 heavy (non-hydrogen) atoms. The molecule has 1 aromatic heterocycles. The van der Waals surface area contributed by atoms with E-state index in [1.807, 2.05) is 36.3 Å². The number of rotatable bonds is 6. The lowest BCUT2D eigenvalue weighted by atomic mass is 10.2. The summed E-state index contributed by atoms with van der Waals surface area (Å²) in [5.74, 6) is 0. The van der Waals surface area contributed by atoms with Gasteiger partial charge in [0.25, 0.3) is 0 Å². The Balaban J connectivity index is 1.97. The molecule has 0 bridgehead atoms. The molecule has 1 N–H and O–H groups in total. The van der Waals surface area contributed by atoms with Crippen LogP contribution in [-0.2, 0) is 24.8 Å². The summed E-state index contributed by atoms with van der Waals surface area (Å²) in [5.41, 5.74) is 3.49. The smallest absolute Gasteiger partial charge is 0.0744 e. The Morgan fingerprint density at radius 3 is 2.95 bits per heavy atom. The van der Waals surface area contributed by atoms with Gasteiger partial charge < -0.3 is 10.1 Å². The van der Waals surface area contributed by atoms with E-state index < -0.39 is 0 Å². The Morgan fingerprint density at radius 1 is 1.42 bits per heavy atom. The maximum absolute atomic E-state index is 5.23. The van der Waals surface area contributed by atoms with Crippen molar-refractivity contribution < 1.29 is 4.74 Å². The largest absolute Gasteiger partial charge is 0.384 e. The molecule has 2 rings (SSSR count). The highest BCUT2D eigenvalue weighted by atomic mass is 79.9. The number of hydrogen-bond donors (Lipinski definition) is 1. The molecule has 0 aliphatic rings. The SMILES string of the molecule is COCc1c(Br)cccc1NCCc1cnn(C)c1. The van der Waals surface area contributed by atoms with Crippen LogP contribution in [0.1, 0.15) is 11.1 Å². The van der Waals surface area contributed by atoms with Gasteiger partial charge in [0.1, 0.15) is 0 Å². The predicted octanol–water partition coefficient (Wildman–Crippen LogP) is 2.98. The number of nitrogens with zero attached hydrogens (tertiary/aromatic N) is 2. The van der Waals surface area contributed by atoms with Gasteiger partial charge in [-0.1, -0.05) is 22.0 Å². The first kappa shape index (κ1) is 14.1. The highest BCUT2D eigenvalue weighted by molar-refractivity contribution is 9.10. The summed E-state index contributed by atoms with van der Waals surface area (Å²) in [6.45, 7) is 1.47. The number of benzene rings is 1. The van der Waals surface area contributed by atoms with Gasteiger partial charge in [-0.05, 0) is 24.1 Å². The van der Waals surface area contributed by atoms with Crippen LogP contribution in [0.2, 0.25) is 0 Å². The number of nitrogens with one attached hydrogen (secondary N) is 1. The first-order valence-electron chi connectivity index (χ1n) is 6.18. The minimum atomic E-state index is 0.594. The molecule has 0 spiro atoms. The monoisotopic (exact) mass is 323 g/mol. The Labute approximate surface area is 121 Å². The molecular weight excluding hydrogens is 306 g/mol. The molecule has 0 unspecified atom stereocenters. The zero-order valence-electron chi connectivity index (χ0n) is 11.2. The summed E-state index contributed by atoms with van der Waals surface area (Å²) in [6.07, 6.45) is 4.89. The van der Waals surface area contributed by atoms with Crippen molar-refractivity contribution >= 4 is 21.6 Å². The topological polar surface area (TPSA) is 39.1 Å². The fourth-order valence-electron chi connectivity index (χ4n) is 1.96. The van der Waals surface area contributed by atoms with Gasteiger partial charge >= 0.3 is 0 Å². The summed E-state index contributed by atoms with van der Waals surface area (Å²) in [4.78, 5) is 0. The average Bonchev–Trinajstić information content (AvgIpc) is 2.79. The van der Waals surface area contributed by atoms with Crippen LogP contribution in [0.3, 0.4) is 0 Å². The van der Waals surface area contributed by atoms with Crippen LogP contribution < -0.4 is 5.32 Å². The molecule has 1 heterocycles. The van der Waals surface area contributed by atoms with Crippen LogP contribution in [0.25, 0.3) is 0 Å². The van der Waals surface area contributed by atoms with E-state index in [2.05, 4.69) is 32.4 Å². The normalized spacial score (nSPS) is 10.7. The summed E-state index contributed by atoms with van der Waals surface area (Å²) in [5, 5.41) is 7.61. The number of methoxy groups -OCH3 is 1. The van der Waals surface area contributed by atoms with Gasteiger partial charge in [-0.15, -0.1) is 0 Å². The maximum atomic E-state index is 5.23. The number of halogens is 1. The second-order valence-electron chi connectivity index (χ2n) is 4.40. The van der Waals surface area contributed by atoms with E-state index in [1.165, 1.54) is 5.56 Å². The van der Waals surface area contributed by atoms with Crippen molar-refractivity contribution in [2.45, 2.75) is 13.0 Å². The van der Waals surface area contributed by atoms with Gasteiger partial charge in [0.2, 0.25) is 0 Å². The molecule has 4 nitrogen and oxygen atoms in total. The molecule has 0 saturated carbocycles. The van der Waals surface area contributed by atoms with E-state index in [9.17, 15) is 0 Å². The lowest BCUT2D eigenvalue weighted by Crippen LogP contribution is -2.07. The molecule has 5 heteroatoms. The van der Waals surface area contributed by atoms with Gasteiger partial charge in [0.15, 0.2) is 0 Å². The van der Waals surface area contributed by atoms with Gasteiger partial charge in [0.05, 0.1) is 12.8 Å². The van der Waals surface area contributed by atoms with Crippen molar-refractivity contribution in [3.63, 3.8) is 0 Å². The summed E-state index contributed by atoms with van der Waals surface area (Å²) >= 11 is 3.55. The molecule has 1 aromatic carbocycles. The van der Waals surface area contributed by atoms with Crippen LogP contribution in [0.5, 0.6) is 0 Å². The fraction of sp³-hybridized carbons (Fsp3) is 0.357. The van der Waals surface area contributed by atoms with E-state index in [0.29, 0.717) is 6.61 Å². The molecule has 0 aliphatic carbocycles. The highest BCUT2D eigenvalue weighted by Crippen LogP contribution is 2.25. The number of aromatic nitrogens is 2. The van der Waals surface area contributed by atoms with E-state index in [-0.39, 0.29) is 0 Å². The lowest BCUT2D eigenvalue weighted by Gasteiger charge is -2.12. The van der Waals surface area contributed by atoms with Crippen molar-refractivity contribution in [2.75, 3.05) is 19.0 Å². The summed E-state index contributed by atoms with van der Waals surface area (Å²) < 4.78 is 8.13. The predicted molar refractivity (Wildman–Crippen MR) is 80.3 cm³/mol. The van der Waals surface area contributed by atoms with E-state index in [4.69, 9.17) is 4.74 Å². The molecule has 0 saturated heterocycles. The Bertz CT molecular complexity index is 539. The van der Waals surface area contributed by atoms with Gasteiger partial charge in [-0.3, -0.25) is 4.68 Å². The summed E-state index contributed by atoms with van der Waals surface area (Å²) in [7, 11) is 3.64. The zero-order chi connectivity index (χ0) is 13.7. The molecule has 0 radical (unpaired) electrons. The van der Waals surface area contributed by atoms with Crippen LogP contribution in [0.15, 0.2) is 35.1 Å². The van der Waals surface area contributed by atoms with Crippen LogP contribution in [0, 0.1) is 0 Å². The molecular formula is C14H18BrN3O. The quantitative estimate of drug-likeness (QED) is 0.888. The van der Waals surface area contributed by atoms with Crippen LogP contribution in [-0.4, -0.2) is 23.4 Å². The molecule has 102 valence electrons. The van der Waals surface area contributed by atoms with Crippen molar-refractivity contribution in [2.24, 2.45) is 7.05 Å². The number of anilines is 1. The number of hydrogen-bond acceptors (Lipinski definition) is 3. The highest BCUT2D eigenvalue weighted by Gasteiger charge is 2.06. The standard InChI is InChI=1S/C14H18BrN3O/c1-18-9-11(8-17-18)6-7-16-14-5-3-4-13(15)12(14)10-19-2/h3-5,8-9,16H,6-7,10H2,1-2H3. The first-order chi connectivity index (χ1) is 9.20. The van der Waals surface area contributed by atoms with Gasteiger partial charge in [0, 0.05) is 42.6 Å². The number of ether oxygens (including phenoxy) is 1. The van der Waals surface area contributed by atoms with E-state index in [1.54, 1.807) is 7.11 Å².